The summed E-state index contributed by atoms with van der Waals surface area (Å²) in [5.74, 6) is -0.00227. The molecule has 0 N–H and O–H groups in total. The van der Waals surface area contributed by atoms with Crippen molar-refractivity contribution in [2.45, 2.75) is 12.8 Å². The number of alkyl halides is 1. The van der Waals surface area contributed by atoms with Gasteiger partial charge < -0.3 is 9.47 Å². The van der Waals surface area contributed by atoms with Gasteiger partial charge in [0.25, 0.3) is 0 Å². The monoisotopic (exact) mass is 253 g/mol. The topological polar surface area (TPSA) is 59.3 Å². The summed E-state index contributed by atoms with van der Waals surface area (Å²) in [5, 5.41) is 9.09. The summed E-state index contributed by atoms with van der Waals surface area (Å²) in [6.45, 7) is 1.96. The van der Waals surface area contributed by atoms with Crippen molar-refractivity contribution in [3.8, 4) is 11.8 Å². The van der Waals surface area contributed by atoms with Gasteiger partial charge >= 0.3 is 5.97 Å². The van der Waals surface area contributed by atoms with E-state index in [4.69, 9.17) is 26.3 Å². The number of benzene rings is 1. The molecule has 0 bridgehead atoms. The second-order valence-corrected chi connectivity index (χ2v) is 3.41. The summed E-state index contributed by atoms with van der Waals surface area (Å²) in [7, 11) is 1.43. The van der Waals surface area contributed by atoms with Crippen molar-refractivity contribution in [2.24, 2.45) is 0 Å². The Morgan fingerprint density at radius 2 is 2.24 bits per heavy atom. The summed E-state index contributed by atoms with van der Waals surface area (Å²) < 4.78 is 9.98. The fourth-order valence-electron chi connectivity index (χ4n) is 1.45. The lowest BCUT2D eigenvalue weighted by molar-refractivity contribution is 0.0525. The molecule has 0 saturated heterocycles. The number of carbonyl (C=O) groups excluding carboxylic acids is 1. The van der Waals surface area contributed by atoms with E-state index in [1.165, 1.54) is 13.2 Å². The highest BCUT2D eigenvalue weighted by Crippen LogP contribution is 2.28. The van der Waals surface area contributed by atoms with Crippen molar-refractivity contribution in [1.29, 1.82) is 5.26 Å². The van der Waals surface area contributed by atoms with Gasteiger partial charge in [0.05, 0.1) is 25.2 Å². The first-order valence-corrected chi connectivity index (χ1v) is 5.56. The molecule has 0 atom stereocenters. The van der Waals surface area contributed by atoms with Gasteiger partial charge in [-0.2, -0.15) is 5.26 Å². The highest BCUT2D eigenvalue weighted by Gasteiger charge is 2.19. The minimum Gasteiger partial charge on any atom is -0.495 e. The number of nitrogens with zero attached hydrogens (tertiary/aromatic N) is 1. The standard InChI is InChI=1S/C12H12ClNO3/c1-3-17-12(15)9-5-4-8(6-13)11(16-2)10(9)7-14/h4-5H,3,6H2,1-2H3. The van der Waals surface area contributed by atoms with Gasteiger partial charge in [-0.05, 0) is 13.0 Å². The van der Waals surface area contributed by atoms with Gasteiger partial charge in [-0.15, -0.1) is 11.6 Å². The number of nitriles is 1. The van der Waals surface area contributed by atoms with Crippen molar-refractivity contribution >= 4 is 17.6 Å². The lowest BCUT2D eigenvalue weighted by atomic mass is 10.0. The molecule has 5 heteroatoms. The molecule has 0 radical (unpaired) electrons. The molecule has 90 valence electrons. The zero-order valence-electron chi connectivity index (χ0n) is 9.62. The van der Waals surface area contributed by atoms with Gasteiger partial charge in [-0.3, -0.25) is 0 Å². The normalized spacial score (nSPS) is 9.53. The number of methoxy groups -OCH3 is 1. The molecule has 0 heterocycles. The lowest BCUT2D eigenvalue weighted by Crippen LogP contribution is -2.09. The van der Waals surface area contributed by atoms with E-state index in [1.54, 1.807) is 13.0 Å². The molecule has 0 aromatic heterocycles. The molecule has 0 fully saturated rings. The smallest absolute Gasteiger partial charge is 0.339 e. The summed E-state index contributed by atoms with van der Waals surface area (Å²) in [6, 6.07) is 5.12. The third kappa shape index (κ3) is 2.69. The quantitative estimate of drug-likeness (QED) is 0.611. The van der Waals surface area contributed by atoms with Crippen LogP contribution in [0.5, 0.6) is 5.75 Å². The second kappa shape index (κ2) is 6.12. The summed E-state index contributed by atoms with van der Waals surface area (Å²) in [6.07, 6.45) is 0. The maximum atomic E-state index is 11.6. The maximum absolute atomic E-state index is 11.6. The minimum atomic E-state index is -0.538. The van der Waals surface area contributed by atoms with Crippen LogP contribution in [0.4, 0.5) is 0 Å². The van der Waals surface area contributed by atoms with Gasteiger partial charge in [-0.25, -0.2) is 4.79 Å². The van der Waals surface area contributed by atoms with E-state index in [2.05, 4.69) is 0 Å². The molecule has 0 aliphatic heterocycles. The fourth-order valence-corrected chi connectivity index (χ4v) is 1.66. The van der Waals surface area contributed by atoms with Crippen molar-refractivity contribution in [1.82, 2.24) is 0 Å². The Morgan fingerprint density at radius 1 is 1.53 bits per heavy atom. The number of hydrogen-bond donors (Lipinski definition) is 0. The van der Waals surface area contributed by atoms with Crippen LogP contribution in [0.2, 0.25) is 0 Å². The van der Waals surface area contributed by atoms with Crippen LogP contribution in [0.15, 0.2) is 12.1 Å². The third-order valence-electron chi connectivity index (χ3n) is 2.19. The zero-order chi connectivity index (χ0) is 12.8. The molecule has 0 saturated carbocycles. The first kappa shape index (κ1) is 13.3. The molecule has 0 aliphatic rings. The number of ether oxygens (including phenoxy) is 2. The molecule has 1 aromatic rings. The first-order chi connectivity index (χ1) is 8.19. The zero-order valence-corrected chi connectivity index (χ0v) is 10.4. The highest BCUT2D eigenvalue weighted by molar-refractivity contribution is 6.17. The van der Waals surface area contributed by atoms with Crippen LogP contribution in [0, 0.1) is 11.3 Å². The fraction of sp³-hybridized carbons (Fsp3) is 0.333. The van der Waals surface area contributed by atoms with Crippen LogP contribution in [-0.2, 0) is 10.6 Å². The van der Waals surface area contributed by atoms with E-state index in [0.29, 0.717) is 11.3 Å². The number of carbonyl (C=O) groups is 1. The number of hydrogen-bond acceptors (Lipinski definition) is 4. The number of halogens is 1. The van der Waals surface area contributed by atoms with E-state index < -0.39 is 5.97 Å². The average Bonchev–Trinajstić information content (AvgIpc) is 2.36. The number of rotatable bonds is 4. The SMILES string of the molecule is CCOC(=O)c1ccc(CCl)c(OC)c1C#N. The predicted molar refractivity (Wildman–Crippen MR) is 63.2 cm³/mol. The van der Waals surface area contributed by atoms with Crippen molar-refractivity contribution in [2.75, 3.05) is 13.7 Å². The molecular weight excluding hydrogens is 242 g/mol. The van der Waals surface area contributed by atoms with Gasteiger partial charge in [0.1, 0.15) is 17.4 Å². The van der Waals surface area contributed by atoms with E-state index >= 15 is 0 Å². The van der Waals surface area contributed by atoms with Crippen LogP contribution in [0.1, 0.15) is 28.4 Å². The third-order valence-corrected chi connectivity index (χ3v) is 2.48. The van der Waals surface area contributed by atoms with Crippen molar-refractivity contribution in [3.63, 3.8) is 0 Å². The molecule has 0 unspecified atom stereocenters. The Bertz CT molecular complexity index is 466. The van der Waals surface area contributed by atoms with Crippen molar-refractivity contribution in [3.05, 3.63) is 28.8 Å². The Labute approximate surface area is 105 Å². The Balaban J connectivity index is 3.34. The molecule has 0 aliphatic carbocycles. The Kier molecular flexibility index (Phi) is 4.80. The van der Waals surface area contributed by atoms with Gasteiger partial charge in [-0.1, -0.05) is 6.07 Å². The van der Waals surface area contributed by atoms with Crippen molar-refractivity contribution < 1.29 is 14.3 Å². The Morgan fingerprint density at radius 3 is 2.71 bits per heavy atom. The minimum absolute atomic E-state index is 0.157. The van der Waals surface area contributed by atoms with Crippen LogP contribution >= 0.6 is 11.6 Å². The lowest BCUT2D eigenvalue weighted by Gasteiger charge is -2.11. The maximum Gasteiger partial charge on any atom is 0.339 e. The molecule has 1 rings (SSSR count). The average molecular weight is 254 g/mol. The predicted octanol–water partition coefficient (Wildman–Crippen LogP) is 2.48. The molecule has 1 aromatic carbocycles. The van der Waals surface area contributed by atoms with Crippen LogP contribution in [-0.4, -0.2) is 19.7 Å². The van der Waals surface area contributed by atoms with E-state index in [-0.39, 0.29) is 23.6 Å². The highest BCUT2D eigenvalue weighted by atomic mass is 35.5. The van der Waals surface area contributed by atoms with E-state index in [9.17, 15) is 4.79 Å². The van der Waals surface area contributed by atoms with Gasteiger partial charge in [0.2, 0.25) is 0 Å². The molecular formula is C12H12ClNO3. The van der Waals surface area contributed by atoms with E-state index in [0.717, 1.165) is 0 Å². The largest absolute Gasteiger partial charge is 0.495 e. The first-order valence-electron chi connectivity index (χ1n) is 5.02. The van der Waals surface area contributed by atoms with E-state index in [1.807, 2.05) is 6.07 Å². The summed E-state index contributed by atoms with van der Waals surface area (Å²) in [5.41, 5.74) is 1.02. The van der Waals surface area contributed by atoms with Crippen LogP contribution in [0.3, 0.4) is 0 Å². The molecule has 17 heavy (non-hydrogen) atoms. The summed E-state index contributed by atoms with van der Waals surface area (Å²) >= 11 is 5.73. The van der Waals surface area contributed by atoms with Gasteiger partial charge in [0, 0.05) is 5.56 Å². The van der Waals surface area contributed by atoms with Gasteiger partial charge in [0.15, 0.2) is 0 Å². The second-order valence-electron chi connectivity index (χ2n) is 3.15. The molecule has 4 nitrogen and oxygen atoms in total. The molecule has 0 spiro atoms. The molecule has 0 amide bonds. The van der Waals surface area contributed by atoms with Crippen LogP contribution < -0.4 is 4.74 Å². The number of esters is 1. The van der Waals surface area contributed by atoms with Crippen LogP contribution in [0.25, 0.3) is 0 Å². The summed E-state index contributed by atoms with van der Waals surface area (Å²) in [4.78, 5) is 11.6. The Hall–Kier alpha value is -1.73.